The molecule has 2 aliphatic rings. The van der Waals surface area contributed by atoms with Crippen LogP contribution in [0.2, 0.25) is 0 Å². The van der Waals surface area contributed by atoms with Crippen LogP contribution in [0.4, 0.5) is 5.69 Å². The second-order valence-electron chi connectivity index (χ2n) is 6.59. The Hall–Kier alpha value is -1.95. The number of nitro benzene ring substituents is 1. The lowest BCUT2D eigenvalue weighted by Crippen LogP contribution is -2.42. The molecule has 23 heavy (non-hydrogen) atoms. The zero-order valence-electron chi connectivity index (χ0n) is 13.4. The van der Waals surface area contributed by atoms with Gasteiger partial charge in [0.2, 0.25) is 5.91 Å². The van der Waals surface area contributed by atoms with Crippen LogP contribution in [0.25, 0.3) is 0 Å². The smallest absolute Gasteiger partial charge is 0.274 e. The van der Waals surface area contributed by atoms with Gasteiger partial charge in [-0.1, -0.05) is 18.2 Å². The maximum Gasteiger partial charge on any atom is 0.274 e. The first-order chi connectivity index (χ1) is 11.1. The van der Waals surface area contributed by atoms with E-state index in [1.807, 2.05) is 19.1 Å². The van der Waals surface area contributed by atoms with Gasteiger partial charge in [-0.2, -0.15) is 0 Å². The van der Waals surface area contributed by atoms with E-state index in [2.05, 4.69) is 10.2 Å². The number of amides is 1. The van der Waals surface area contributed by atoms with Crippen molar-refractivity contribution >= 4 is 11.6 Å². The van der Waals surface area contributed by atoms with Crippen molar-refractivity contribution in [2.75, 3.05) is 13.1 Å². The zero-order valence-corrected chi connectivity index (χ0v) is 13.4. The summed E-state index contributed by atoms with van der Waals surface area (Å²) >= 11 is 0. The Morgan fingerprint density at radius 1 is 1.26 bits per heavy atom. The van der Waals surface area contributed by atoms with Gasteiger partial charge in [0.1, 0.15) is 0 Å². The van der Waals surface area contributed by atoms with E-state index in [4.69, 9.17) is 0 Å². The number of rotatable bonds is 5. The number of carbonyl (C=O) groups excluding carboxylic acids is 1. The molecule has 6 nitrogen and oxygen atoms in total. The van der Waals surface area contributed by atoms with Crippen molar-refractivity contribution in [1.29, 1.82) is 0 Å². The van der Waals surface area contributed by atoms with Crippen molar-refractivity contribution < 1.29 is 9.72 Å². The van der Waals surface area contributed by atoms with Crippen molar-refractivity contribution in [3.63, 3.8) is 0 Å². The van der Waals surface area contributed by atoms with Crippen molar-refractivity contribution in [2.45, 2.75) is 44.7 Å². The SMILES string of the molecule is C[C@@H](c1ccccc1[N+](=O)[O-])N1CCC(C(=O)NC2CC2)CC1. The summed E-state index contributed by atoms with van der Waals surface area (Å²) in [4.78, 5) is 25.2. The maximum atomic E-state index is 12.1. The van der Waals surface area contributed by atoms with Gasteiger partial charge in [0, 0.05) is 29.6 Å². The van der Waals surface area contributed by atoms with E-state index in [1.165, 1.54) is 0 Å². The number of nitro groups is 1. The summed E-state index contributed by atoms with van der Waals surface area (Å²) in [7, 11) is 0. The molecule has 0 unspecified atom stereocenters. The molecule has 1 N–H and O–H groups in total. The van der Waals surface area contributed by atoms with Gasteiger partial charge in [-0.15, -0.1) is 0 Å². The Morgan fingerprint density at radius 2 is 1.91 bits per heavy atom. The predicted molar refractivity (Wildman–Crippen MR) is 87.0 cm³/mol. The molecule has 1 amide bonds. The Balaban J connectivity index is 1.60. The molecule has 1 aliphatic carbocycles. The van der Waals surface area contributed by atoms with Crippen LogP contribution < -0.4 is 5.32 Å². The predicted octanol–water partition coefficient (Wildman–Crippen LogP) is 2.65. The van der Waals surface area contributed by atoms with E-state index in [1.54, 1.807) is 12.1 Å². The molecule has 1 atom stereocenters. The molecule has 1 saturated carbocycles. The van der Waals surface area contributed by atoms with Gasteiger partial charge < -0.3 is 5.32 Å². The normalized spacial score (nSPS) is 20.9. The minimum atomic E-state index is -0.318. The van der Waals surface area contributed by atoms with E-state index in [-0.39, 0.29) is 28.5 Å². The van der Waals surface area contributed by atoms with Gasteiger partial charge in [0.05, 0.1) is 4.92 Å². The first-order valence-electron chi connectivity index (χ1n) is 8.34. The number of hydrogen-bond donors (Lipinski definition) is 1. The lowest BCUT2D eigenvalue weighted by molar-refractivity contribution is -0.386. The van der Waals surface area contributed by atoms with E-state index in [0.717, 1.165) is 44.3 Å². The highest BCUT2D eigenvalue weighted by atomic mass is 16.6. The van der Waals surface area contributed by atoms with Gasteiger partial charge >= 0.3 is 0 Å². The molecule has 0 spiro atoms. The van der Waals surface area contributed by atoms with Crippen LogP contribution in [0, 0.1) is 16.0 Å². The zero-order chi connectivity index (χ0) is 16.4. The fourth-order valence-electron chi connectivity index (χ4n) is 3.30. The van der Waals surface area contributed by atoms with E-state index in [9.17, 15) is 14.9 Å². The lowest BCUT2D eigenvalue weighted by Gasteiger charge is -2.35. The standard InChI is InChI=1S/C17H23N3O3/c1-12(15-4-2-3-5-16(15)20(22)23)19-10-8-13(9-11-19)17(21)18-14-6-7-14/h2-5,12-14H,6-11H2,1H3,(H,18,21)/t12-/m0/s1. The van der Waals surface area contributed by atoms with Crippen LogP contribution in [0.5, 0.6) is 0 Å². The van der Waals surface area contributed by atoms with Crippen LogP contribution in [-0.2, 0) is 4.79 Å². The molecule has 0 aromatic heterocycles. The fourth-order valence-corrected chi connectivity index (χ4v) is 3.30. The van der Waals surface area contributed by atoms with Crippen LogP contribution in [0.3, 0.4) is 0 Å². The van der Waals surface area contributed by atoms with Crippen LogP contribution in [0.15, 0.2) is 24.3 Å². The summed E-state index contributed by atoms with van der Waals surface area (Å²) in [6.45, 7) is 3.61. The number of hydrogen-bond acceptors (Lipinski definition) is 4. The molecule has 0 bridgehead atoms. The minimum Gasteiger partial charge on any atom is -0.353 e. The highest BCUT2D eigenvalue weighted by Crippen LogP contribution is 2.32. The molecule has 3 rings (SSSR count). The largest absolute Gasteiger partial charge is 0.353 e. The third-order valence-electron chi connectivity index (χ3n) is 4.96. The van der Waals surface area contributed by atoms with Gasteiger partial charge in [-0.25, -0.2) is 0 Å². The van der Waals surface area contributed by atoms with Crippen LogP contribution in [0.1, 0.15) is 44.2 Å². The molecule has 124 valence electrons. The lowest BCUT2D eigenvalue weighted by atomic mass is 9.93. The molecule has 2 fully saturated rings. The first kappa shape index (κ1) is 15.9. The summed E-state index contributed by atoms with van der Waals surface area (Å²) in [5, 5.41) is 14.3. The van der Waals surface area contributed by atoms with Gasteiger partial charge in [0.25, 0.3) is 5.69 Å². The maximum absolute atomic E-state index is 12.1. The molecule has 1 aliphatic heterocycles. The average molecular weight is 317 g/mol. The third-order valence-corrected chi connectivity index (χ3v) is 4.96. The summed E-state index contributed by atoms with van der Waals surface area (Å²) in [6, 6.07) is 7.32. The second-order valence-corrected chi connectivity index (χ2v) is 6.59. The highest BCUT2D eigenvalue weighted by Gasteiger charge is 2.32. The summed E-state index contributed by atoms with van der Waals surface area (Å²) in [5.74, 6) is 0.273. The topological polar surface area (TPSA) is 75.5 Å². The van der Waals surface area contributed by atoms with Crippen molar-refractivity contribution in [2.24, 2.45) is 5.92 Å². The Kier molecular flexibility index (Phi) is 4.61. The van der Waals surface area contributed by atoms with Crippen molar-refractivity contribution in [3.8, 4) is 0 Å². The van der Waals surface area contributed by atoms with Gasteiger partial charge in [-0.3, -0.25) is 19.8 Å². The number of para-hydroxylation sites is 1. The van der Waals surface area contributed by atoms with Gasteiger partial charge in [-0.05, 0) is 45.7 Å². The quantitative estimate of drug-likeness (QED) is 0.669. The van der Waals surface area contributed by atoms with E-state index < -0.39 is 0 Å². The highest BCUT2D eigenvalue weighted by molar-refractivity contribution is 5.79. The Labute approximate surface area is 136 Å². The summed E-state index contributed by atoms with van der Waals surface area (Å²) in [6.07, 6.45) is 3.87. The molecule has 1 aromatic rings. The second kappa shape index (κ2) is 6.66. The van der Waals surface area contributed by atoms with Crippen molar-refractivity contribution in [3.05, 3.63) is 39.9 Å². The number of benzene rings is 1. The van der Waals surface area contributed by atoms with Gasteiger partial charge in [0.15, 0.2) is 0 Å². The first-order valence-corrected chi connectivity index (χ1v) is 8.34. The summed E-state index contributed by atoms with van der Waals surface area (Å²) < 4.78 is 0. The molecular weight excluding hydrogens is 294 g/mol. The minimum absolute atomic E-state index is 0.0101. The van der Waals surface area contributed by atoms with E-state index >= 15 is 0 Å². The molecule has 0 radical (unpaired) electrons. The monoisotopic (exact) mass is 317 g/mol. The average Bonchev–Trinajstić information content (AvgIpc) is 3.38. The van der Waals surface area contributed by atoms with Crippen LogP contribution >= 0.6 is 0 Å². The van der Waals surface area contributed by atoms with Crippen molar-refractivity contribution in [1.82, 2.24) is 10.2 Å². The molecular formula is C17H23N3O3. The number of carbonyl (C=O) groups is 1. The number of likely N-dealkylation sites (tertiary alicyclic amines) is 1. The molecule has 6 heteroatoms. The molecule has 1 aromatic carbocycles. The van der Waals surface area contributed by atoms with E-state index in [0.29, 0.717) is 6.04 Å². The summed E-state index contributed by atoms with van der Waals surface area (Å²) in [5.41, 5.74) is 0.923. The Morgan fingerprint density at radius 3 is 2.52 bits per heavy atom. The Bertz CT molecular complexity index is 593. The number of piperidine rings is 1. The number of nitrogens with zero attached hydrogens (tertiary/aromatic N) is 2. The third kappa shape index (κ3) is 3.69. The fraction of sp³-hybridized carbons (Fsp3) is 0.588. The number of nitrogens with one attached hydrogen (secondary N) is 1. The molecule has 1 heterocycles. The van der Waals surface area contributed by atoms with Crippen LogP contribution in [-0.4, -0.2) is 34.9 Å². The molecule has 1 saturated heterocycles.